The first-order chi connectivity index (χ1) is 14.3. The smallest absolute Gasteiger partial charge is 0.260 e. The van der Waals surface area contributed by atoms with Gasteiger partial charge in [0.25, 0.3) is 5.91 Å². The number of benzene rings is 2. The lowest BCUT2D eigenvalue weighted by molar-refractivity contribution is 0.0985. The number of hydrogen-bond acceptors (Lipinski definition) is 6. The number of hydrogen-bond donors (Lipinski definition) is 0. The molecule has 0 saturated heterocycles. The maximum absolute atomic E-state index is 13.5. The van der Waals surface area contributed by atoms with E-state index in [1.54, 1.807) is 19.1 Å². The molecule has 3 aromatic rings. The molecule has 6 nitrogen and oxygen atoms in total. The normalized spacial score (nSPS) is 11.2. The highest BCUT2D eigenvalue weighted by Gasteiger charge is 2.23. The summed E-state index contributed by atoms with van der Waals surface area (Å²) in [5, 5.41) is 0.684. The van der Waals surface area contributed by atoms with Crippen LogP contribution < -0.4 is 14.4 Å². The zero-order chi connectivity index (χ0) is 21.8. The highest BCUT2D eigenvalue weighted by molar-refractivity contribution is 7.22. The number of amides is 1. The van der Waals surface area contributed by atoms with Gasteiger partial charge in [-0.3, -0.25) is 9.69 Å². The molecule has 0 radical (unpaired) electrons. The van der Waals surface area contributed by atoms with Crippen LogP contribution in [0.5, 0.6) is 11.5 Å². The number of fused-ring (bicyclic) bond motifs is 1. The van der Waals surface area contributed by atoms with Crippen LogP contribution in [0, 0.1) is 13.8 Å². The number of aromatic nitrogens is 1. The van der Waals surface area contributed by atoms with Crippen LogP contribution in [0.1, 0.15) is 27.9 Å². The Kier molecular flexibility index (Phi) is 6.95. The second kappa shape index (κ2) is 9.45. The van der Waals surface area contributed by atoms with Crippen LogP contribution >= 0.6 is 11.3 Å². The number of anilines is 1. The maximum Gasteiger partial charge on any atom is 0.260 e. The van der Waals surface area contributed by atoms with Crippen molar-refractivity contribution in [3.63, 3.8) is 0 Å². The van der Waals surface area contributed by atoms with Gasteiger partial charge >= 0.3 is 0 Å². The SMILES string of the molecule is COc1cc2nc(N(CCCN(C)C)C(=O)c3ccc(C)cc3C)sc2cc1OC. The third-order valence-corrected chi connectivity index (χ3v) is 6.00. The van der Waals surface area contributed by atoms with Crippen molar-refractivity contribution in [1.82, 2.24) is 9.88 Å². The van der Waals surface area contributed by atoms with Crippen LogP contribution in [0.4, 0.5) is 5.13 Å². The van der Waals surface area contributed by atoms with Crippen molar-refractivity contribution in [3.05, 3.63) is 47.0 Å². The van der Waals surface area contributed by atoms with E-state index in [1.807, 2.05) is 58.3 Å². The van der Waals surface area contributed by atoms with Crippen molar-refractivity contribution >= 4 is 32.6 Å². The van der Waals surface area contributed by atoms with Crippen molar-refractivity contribution in [3.8, 4) is 11.5 Å². The third kappa shape index (κ3) is 4.74. The van der Waals surface area contributed by atoms with Gasteiger partial charge < -0.3 is 14.4 Å². The van der Waals surface area contributed by atoms with Crippen LogP contribution in [0.25, 0.3) is 10.2 Å². The maximum atomic E-state index is 13.5. The summed E-state index contributed by atoms with van der Waals surface area (Å²) in [7, 11) is 7.29. The molecule has 0 saturated carbocycles. The van der Waals surface area contributed by atoms with E-state index in [0.29, 0.717) is 28.7 Å². The molecule has 0 atom stereocenters. The van der Waals surface area contributed by atoms with Gasteiger partial charge in [-0.2, -0.15) is 0 Å². The van der Waals surface area contributed by atoms with Crippen molar-refractivity contribution in [2.75, 3.05) is 46.3 Å². The van der Waals surface area contributed by atoms with Gasteiger partial charge in [0.15, 0.2) is 16.6 Å². The van der Waals surface area contributed by atoms with E-state index in [9.17, 15) is 4.79 Å². The summed E-state index contributed by atoms with van der Waals surface area (Å²) in [5.74, 6) is 1.26. The summed E-state index contributed by atoms with van der Waals surface area (Å²) >= 11 is 1.49. The quantitative estimate of drug-likeness (QED) is 0.529. The minimum absolute atomic E-state index is 0.0238. The first-order valence-electron chi connectivity index (χ1n) is 9.90. The Balaban J connectivity index is 2.01. The molecular formula is C23H29N3O3S. The van der Waals surface area contributed by atoms with E-state index in [1.165, 1.54) is 11.3 Å². The van der Waals surface area contributed by atoms with Crippen LogP contribution in [0.2, 0.25) is 0 Å². The van der Waals surface area contributed by atoms with E-state index in [-0.39, 0.29) is 5.91 Å². The monoisotopic (exact) mass is 427 g/mol. The molecule has 0 aliphatic heterocycles. The summed E-state index contributed by atoms with van der Waals surface area (Å²) in [6.07, 6.45) is 0.853. The average molecular weight is 428 g/mol. The van der Waals surface area contributed by atoms with Gasteiger partial charge in [0.1, 0.15) is 0 Å². The Morgan fingerprint density at radius 1 is 1.03 bits per heavy atom. The first-order valence-corrected chi connectivity index (χ1v) is 10.7. The number of carbonyl (C=O) groups is 1. The fourth-order valence-corrected chi connectivity index (χ4v) is 4.39. The van der Waals surface area contributed by atoms with E-state index in [0.717, 1.165) is 34.3 Å². The lowest BCUT2D eigenvalue weighted by Crippen LogP contribution is -2.33. The molecule has 7 heteroatoms. The molecule has 0 spiro atoms. The van der Waals surface area contributed by atoms with Gasteiger partial charge in [-0.25, -0.2) is 4.98 Å². The molecule has 160 valence electrons. The van der Waals surface area contributed by atoms with Crippen molar-refractivity contribution in [2.45, 2.75) is 20.3 Å². The highest BCUT2D eigenvalue weighted by atomic mass is 32.1. The predicted molar refractivity (Wildman–Crippen MR) is 123 cm³/mol. The lowest BCUT2D eigenvalue weighted by Gasteiger charge is -2.22. The summed E-state index contributed by atoms with van der Waals surface area (Å²) < 4.78 is 11.8. The van der Waals surface area contributed by atoms with Crippen LogP contribution in [0.3, 0.4) is 0 Å². The number of nitrogens with zero attached hydrogens (tertiary/aromatic N) is 3. The van der Waals surface area contributed by atoms with Crippen molar-refractivity contribution < 1.29 is 14.3 Å². The standard InChI is InChI=1S/C23H29N3O3S/c1-15-8-9-17(16(2)12-15)22(27)26(11-7-10-25(3)4)23-24-18-13-19(28-5)20(29-6)14-21(18)30-23/h8-9,12-14H,7,10-11H2,1-6H3. The summed E-state index contributed by atoms with van der Waals surface area (Å²) in [5.41, 5.74) is 3.61. The minimum Gasteiger partial charge on any atom is -0.493 e. The molecular weight excluding hydrogens is 398 g/mol. The number of thiazole rings is 1. The number of methoxy groups -OCH3 is 2. The highest BCUT2D eigenvalue weighted by Crippen LogP contribution is 2.37. The number of ether oxygens (including phenoxy) is 2. The Morgan fingerprint density at radius 3 is 2.37 bits per heavy atom. The van der Waals surface area contributed by atoms with E-state index in [2.05, 4.69) is 4.90 Å². The molecule has 1 heterocycles. The molecule has 1 aromatic heterocycles. The van der Waals surface area contributed by atoms with Gasteiger partial charge in [0.05, 0.1) is 24.4 Å². The predicted octanol–water partition coefficient (Wildman–Crippen LogP) is 4.53. The zero-order valence-corrected chi connectivity index (χ0v) is 19.3. The topological polar surface area (TPSA) is 54.9 Å². The first kappa shape index (κ1) is 22.1. The molecule has 2 aromatic carbocycles. The number of aryl methyl sites for hydroxylation is 2. The Bertz CT molecular complexity index is 1000. The van der Waals surface area contributed by atoms with Gasteiger partial charge in [-0.15, -0.1) is 0 Å². The summed E-state index contributed by atoms with van der Waals surface area (Å²) in [6, 6.07) is 9.69. The second-order valence-electron chi connectivity index (χ2n) is 7.60. The van der Waals surface area contributed by atoms with Gasteiger partial charge in [0, 0.05) is 24.2 Å². The summed E-state index contributed by atoms with van der Waals surface area (Å²) in [4.78, 5) is 22.2. The Morgan fingerprint density at radius 2 is 1.73 bits per heavy atom. The average Bonchev–Trinajstić information content (AvgIpc) is 3.11. The van der Waals surface area contributed by atoms with Gasteiger partial charge in [-0.05, 0) is 52.5 Å². The van der Waals surface area contributed by atoms with Crippen LogP contribution in [-0.4, -0.2) is 57.2 Å². The fourth-order valence-electron chi connectivity index (χ4n) is 3.39. The van der Waals surface area contributed by atoms with E-state index in [4.69, 9.17) is 14.5 Å². The second-order valence-corrected chi connectivity index (χ2v) is 8.61. The molecule has 30 heavy (non-hydrogen) atoms. The molecule has 0 fully saturated rings. The largest absolute Gasteiger partial charge is 0.493 e. The Hall–Kier alpha value is -2.64. The molecule has 0 bridgehead atoms. The van der Waals surface area contributed by atoms with Gasteiger partial charge in [0.2, 0.25) is 0 Å². The third-order valence-electron chi connectivity index (χ3n) is 4.96. The van der Waals surface area contributed by atoms with Crippen LogP contribution in [0.15, 0.2) is 30.3 Å². The Labute approximate surface area is 182 Å². The molecule has 0 unspecified atom stereocenters. The van der Waals surface area contributed by atoms with Crippen molar-refractivity contribution in [1.29, 1.82) is 0 Å². The minimum atomic E-state index is -0.0238. The van der Waals surface area contributed by atoms with Crippen LogP contribution in [-0.2, 0) is 0 Å². The lowest BCUT2D eigenvalue weighted by atomic mass is 10.0. The summed E-state index contributed by atoms with van der Waals surface area (Å²) in [6.45, 7) is 5.50. The molecule has 3 rings (SSSR count). The van der Waals surface area contributed by atoms with E-state index >= 15 is 0 Å². The van der Waals surface area contributed by atoms with Crippen molar-refractivity contribution in [2.24, 2.45) is 0 Å². The molecule has 0 N–H and O–H groups in total. The molecule has 0 aliphatic rings. The van der Waals surface area contributed by atoms with E-state index < -0.39 is 0 Å². The molecule has 0 aliphatic carbocycles. The zero-order valence-electron chi connectivity index (χ0n) is 18.5. The number of carbonyl (C=O) groups excluding carboxylic acids is 1. The molecule has 1 amide bonds. The number of rotatable bonds is 8. The fraction of sp³-hybridized carbons (Fsp3) is 0.391. The van der Waals surface area contributed by atoms with Gasteiger partial charge in [-0.1, -0.05) is 29.0 Å².